The first kappa shape index (κ1) is 38.5. The van der Waals surface area contributed by atoms with Gasteiger partial charge in [-0.25, -0.2) is 14.6 Å². The van der Waals surface area contributed by atoms with Gasteiger partial charge in [-0.3, -0.25) is 4.79 Å². The number of rotatable bonds is 19. The minimum absolute atomic E-state index is 0.0446. The molecule has 3 N–H and O–H groups in total. The minimum Gasteiger partial charge on any atom is -0.478 e. The number of carboxylic acids is 2. The largest absolute Gasteiger partial charge is 0.478 e. The predicted octanol–water partition coefficient (Wildman–Crippen LogP) is 9.09. The molecule has 0 saturated carbocycles. The van der Waals surface area contributed by atoms with Gasteiger partial charge in [0.05, 0.1) is 17.1 Å². The summed E-state index contributed by atoms with van der Waals surface area (Å²) in [7, 11) is 0. The molecular formula is C43H48N4O6. The van der Waals surface area contributed by atoms with Gasteiger partial charge in [0.15, 0.2) is 0 Å². The van der Waals surface area contributed by atoms with Gasteiger partial charge in [0.2, 0.25) is 12.0 Å². The van der Waals surface area contributed by atoms with Crippen molar-refractivity contribution in [3.8, 4) is 33.9 Å². The minimum atomic E-state index is -1.05. The van der Waals surface area contributed by atoms with E-state index in [9.17, 15) is 19.5 Å². The lowest BCUT2D eigenvalue weighted by Gasteiger charge is -2.21. The second-order valence-corrected chi connectivity index (χ2v) is 13.3. The van der Waals surface area contributed by atoms with E-state index in [1.807, 2.05) is 83.8 Å². The third-order valence-electron chi connectivity index (χ3n) is 9.23. The average molecular weight is 717 g/mol. The zero-order chi connectivity index (χ0) is 37.6. The van der Waals surface area contributed by atoms with Crippen LogP contribution in [0.3, 0.4) is 0 Å². The highest BCUT2D eigenvalue weighted by atomic mass is 16.7. The van der Waals surface area contributed by atoms with Gasteiger partial charge in [-0.15, -0.1) is 0 Å². The Morgan fingerprint density at radius 3 is 1.83 bits per heavy atom. The molecule has 0 bridgehead atoms. The molecule has 0 radical (unpaired) electrons. The Kier molecular flexibility index (Phi) is 13.9. The normalized spacial score (nSPS) is 14.1. The molecule has 10 nitrogen and oxygen atoms in total. The van der Waals surface area contributed by atoms with Gasteiger partial charge in [0.25, 0.3) is 0 Å². The third-order valence-corrected chi connectivity index (χ3v) is 9.23. The first-order valence-corrected chi connectivity index (χ1v) is 18.5. The van der Waals surface area contributed by atoms with Crippen LogP contribution in [0.1, 0.15) is 88.3 Å². The number of H-pyrrole nitrogens is 1. The van der Waals surface area contributed by atoms with E-state index in [0.717, 1.165) is 102 Å². The molecule has 1 aromatic heterocycles. The van der Waals surface area contributed by atoms with Crippen molar-refractivity contribution in [1.82, 2.24) is 14.9 Å². The zero-order valence-corrected chi connectivity index (χ0v) is 30.5. The third kappa shape index (κ3) is 10.9. The molecule has 0 fully saturated rings. The topological polar surface area (TPSA) is 145 Å². The first-order chi connectivity index (χ1) is 25.7. The van der Waals surface area contributed by atoms with Crippen molar-refractivity contribution < 1.29 is 29.4 Å². The van der Waals surface area contributed by atoms with Crippen LogP contribution in [-0.4, -0.2) is 67.8 Å². The number of aliphatic carboxylic acids is 2. The summed E-state index contributed by atoms with van der Waals surface area (Å²) >= 11 is 0. The van der Waals surface area contributed by atoms with Gasteiger partial charge in [-0.05, 0) is 41.7 Å². The van der Waals surface area contributed by atoms with Crippen LogP contribution >= 0.6 is 0 Å². The highest BCUT2D eigenvalue weighted by Gasteiger charge is 2.28. The predicted molar refractivity (Wildman–Crippen MR) is 209 cm³/mol. The maximum absolute atomic E-state index is 13.3. The summed E-state index contributed by atoms with van der Waals surface area (Å²) in [6.45, 7) is 5.95. The van der Waals surface area contributed by atoms with Gasteiger partial charge in [0.1, 0.15) is 5.82 Å². The number of unbranched alkanes of at least 4 members (excludes halogenated alkanes) is 6. The number of amides is 1. The monoisotopic (exact) mass is 716 g/mol. The number of aromatic amines is 1. The highest BCUT2D eigenvalue weighted by Crippen LogP contribution is 2.34. The molecule has 3 aromatic carbocycles. The quantitative estimate of drug-likeness (QED) is 0.0648. The van der Waals surface area contributed by atoms with E-state index in [-0.39, 0.29) is 12.3 Å². The van der Waals surface area contributed by atoms with E-state index in [2.05, 4.69) is 24.0 Å². The standard InChI is InChI=1S/C43H48N4O6/c1-3-5-7-9-27-47(28-10-8-6-4-2)38(48)25-15-30-11-17-33(18-12-30)40-41(34-19-13-31(14-20-34)16-26-39(49)50)45-42(44-40)35-23-21-32(22-24-35)36-29-37(43(51)52)53-46-36/h11-26,37H,3-10,27-29H2,1-2H3,(H,44,45)(H,49,50)(H,51,52). The summed E-state index contributed by atoms with van der Waals surface area (Å²) in [4.78, 5) is 51.1. The van der Waals surface area contributed by atoms with Crippen LogP contribution < -0.4 is 0 Å². The van der Waals surface area contributed by atoms with Gasteiger partial charge in [0, 0.05) is 48.4 Å². The molecule has 1 aliphatic rings. The maximum Gasteiger partial charge on any atom is 0.348 e. The van der Waals surface area contributed by atoms with Crippen molar-refractivity contribution in [2.75, 3.05) is 13.1 Å². The van der Waals surface area contributed by atoms with Crippen molar-refractivity contribution in [3.05, 3.63) is 102 Å². The highest BCUT2D eigenvalue weighted by molar-refractivity contribution is 6.03. The fourth-order valence-electron chi connectivity index (χ4n) is 6.17. The van der Waals surface area contributed by atoms with Crippen LogP contribution in [0, 0.1) is 0 Å². The lowest BCUT2D eigenvalue weighted by molar-refractivity contribution is -0.148. The van der Waals surface area contributed by atoms with Gasteiger partial charge < -0.3 is 24.9 Å². The van der Waals surface area contributed by atoms with E-state index in [0.29, 0.717) is 11.5 Å². The Morgan fingerprint density at radius 1 is 0.736 bits per heavy atom. The summed E-state index contributed by atoms with van der Waals surface area (Å²) in [5, 5.41) is 22.3. The Morgan fingerprint density at radius 2 is 1.28 bits per heavy atom. The molecule has 2 heterocycles. The van der Waals surface area contributed by atoms with Crippen molar-refractivity contribution in [2.45, 2.75) is 77.7 Å². The molecular weight excluding hydrogens is 668 g/mol. The van der Waals surface area contributed by atoms with Gasteiger partial charge in [-0.1, -0.05) is 130 Å². The smallest absolute Gasteiger partial charge is 0.348 e. The van der Waals surface area contributed by atoms with Gasteiger partial charge in [-0.2, -0.15) is 0 Å². The molecule has 1 aliphatic heterocycles. The number of carboxylic acid groups (broad SMARTS) is 2. The molecule has 4 aromatic rings. The van der Waals surface area contributed by atoms with Crippen LogP contribution in [-0.2, 0) is 19.2 Å². The summed E-state index contributed by atoms with van der Waals surface area (Å²) in [6, 6.07) is 23.0. The molecule has 1 atom stereocenters. The summed E-state index contributed by atoms with van der Waals surface area (Å²) < 4.78 is 0. The molecule has 276 valence electrons. The summed E-state index contributed by atoms with van der Waals surface area (Å²) in [5.41, 5.74) is 7.09. The number of imidazole rings is 1. The number of benzene rings is 3. The van der Waals surface area contributed by atoms with Crippen LogP contribution in [0.15, 0.2) is 90.1 Å². The number of oxime groups is 1. The van der Waals surface area contributed by atoms with Crippen molar-refractivity contribution in [1.29, 1.82) is 0 Å². The molecule has 53 heavy (non-hydrogen) atoms. The van der Waals surface area contributed by atoms with E-state index in [4.69, 9.17) is 14.9 Å². The van der Waals surface area contributed by atoms with E-state index in [1.165, 1.54) is 12.8 Å². The van der Waals surface area contributed by atoms with Crippen molar-refractivity contribution >= 4 is 35.7 Å². The lowest BCUT2D eigenvalue weighted by Crippen LogP contribution is -2.31. The average Bonchev–Trinajstić information content (AvgIpc) is 3.85. The number of nitrogens with zero attached hydrogens (tertiary/aromatic N) is 3. The van der Waals surface area contributed by atoms with E-state index in [1.54, 1.807) is 12.2 Å². The zero-order valence-electron chi connectivity index (χ0n) is 30.5. The van der Waals surface area contributed by atoms with Gasteiger partial charge >= 0.3 is 11.9 Å². The number of carbonyl (C=O) groups excluding carboxylic acids is 1. The molecule has 0 aliphatic carbocycles. The SMILES string of the molecule is CCCCCCN(CCCCCC)C(=O)C=Cc1ccc(-c2nc(-c3ccc(C4=NOC(C(=O)O)C4)cc3)[nH]c2-c2ccc(C=CC(=O)O)cc2)cc1. The molecule has 10 heteroatoms. The fraction of sp³-hybridized carbons (Fsp3) is 0.326. The number of carbonyl (C=O) groups is 3. The molecule has 5 rings (SSSR count). The summed E-state index contributed by atoms with van der Waals surface area (Å²) in [5.74, 6) is -1.38. The Bertz CT molecular complexity index is 1910. The molecule has 1 amide bonds. The van der Waals surface area contributed by atoms with Crippen LogP contribution in [0.25, 0.3) is 46.1 Å². The second-order valence-electron chi connectivity index (χ2n) is 13.3. The maximum atomic E-state index is 13.3. The number of hydrogen-bond acceptors (Lipinski definition) is 6. The van der Waals surface area contributed by atoms with Crippen molar-refractivity contribution in [2.24, 2.45) is 5.16 Å². The van der Waals surface area contributed by atoms with Crippen LogP contribution in [0.2, 0.25) is 0 Å². The fourth-order valence-corrected chi connectivity index (χ4v) is 6.17. The molecule has 0 spiro atoms. The Balaban J connectivity index is 1.38. The number of hydrogen-bond donors (Lipinski definition) is 3. The Labute approximate surface area is 310 Å². The molecule has 0 saturated heterocycles. The van der Waals surface area contributed by atoms with Crippen LogP contribution in [0.5, 0.6) is 0 Å². The van der Waals surface area contributed by atoms with E-state index >= 15 is 0 Å². The first-order valence-electron chi connectivity index (χ1n) is 18.5. The number of aromatic nitrogens is 2. The van der Waals surface area contributed by atoms with Crippen LogP contribution in [0.4, 0.5) is 0 Å². The van der Waals surface area contributed by atoms with Crippen molar-refractivity contribution in [3.63, 3.8) is 0 Å². The van der Waals surface area contributed by atoms with E-state index < -0.39 is 18.0 Å². The summed E-state index contributed by atoms with van der Waals surface area (Å²) in [6.07, 6.45) is 14.4. The second kappa shape index (κ2) is 19.2. The Hall–Kier alpha value is -5.77. The lowest BCUT2D eigenvalue weighted by atomic mass is 10.0. The number of nitrogens with one attached hydrogen (secondary N) is 1. The molecule has 1 unspecified atom stereocenters.